The third kappa shape index (κ3) is 1.95. The first-order chi connectivity index (χ1) is 9.61. The van der Waals surface area contributed by atoms with Gasteiger partial charge in [-0.1, -0.05) is 23.7 Å². The smallest absolute Gasteiger partial charge is 0.143 e. The van der Waals surface area contributed by atoms with Gasteiger partial charge < -0.3 is 10.3 Å². The average Bonchev–Trinajstić information content (AvgIpc) is 2.76. The maximum Gasteiger partial charge on any atom is 0.143 e. The van der Waals surface area contributed by atoms with Crippen molar-refractivity contribution in [3.63, 3.8) is 0 Å². The van der Waals surface area contributed by atoms with Crippen molar-refractivity contribution >= 4 is 28.3 Å². The highest BCUT2D eigenvalue weighted by Gasteiger charge is 2.15. The molecule has 1 heterocycles. The van der Waals surface area contributed by atoms with Gasteiger partial charge in [-0.15, -0.1) is 0 Å². The number of aryl methyl sites for hydroxylation is 2. The molecule has 0 atom stereocenters. The van der Waals surface area contributed by atoms with E-state index in [1.807, 2.05) is 30.3 Å². The first kappa shape index (κ1) is 13.0. The number of rotatable bonds is 2. The number of aromatic nitrogens is 2. The zero-order valence-corrected chi connectivity index (χ0v) is 12.3. The molecule has 2 aromatic carbocycles. The number of nitrogen functional groups attached to an aromatic ring is 1. The Bertz CT molecular complexity index is 770. The predicted molar refractivity (Wildman–Crippen MR) is 85.0 cm³/mol. The van der Waals surface area contributed by atoms with E-state index >= 15 is 0 Å². The lowest BCUT2D eigenvalue weighted by molar-refractivity contribution is 0.796. The minimum Gasteiger partial charge on any atom is -0.398 e. The van der Waals surface area contributed by atoms with Crippen LogP contribution in [0.1, 0.15) is 12.5 Å². The van der Waals surface area contributed by atoms with Gasteiger partial charge in [-0.2, -0.15) is 0 Å². The molecule has 20 heavy (non-hydrogen) atoms. The molecule has 0 aliphatic carbocycles. The van der Waals surface area contributed by atoms with E-state index in [1.54, 1.807) is 0 Å². The van der Waals surface area contributed by atoms with E-state index in [2.05, 4.69) is 24.5 Å². The molecule has 0 saturated carbocycles. The molecular formula is C16H16ClN3. The van der Waals surface area contributed by atoms with Crippen molar-refractivity contribution in [3.8, 4) is 11.4 Å². The zero-order valence-electron chi connectivity index (χ0n) is 11.5. The van der Waals surface area contributed by atoms with Crippen molar-refractivity contribution in [2.24, 2.45) is 0 Å². The third-order valence-corrected chi connectivity index (χ3v) is 3.79. The maximum atomic E-state index is 6.15. The fourth-order valence-corrected chi connectivity index (χ4v) is 2.77. The van der Waals surface area contributed by atoms with Crippen molar-refractivity contribution < 1.29 is 0 Å². The number of nitrogens with zero attached hydrogens (tertiary/aromatic N) is 2. The van der Waals surface area contributed by atoms with Gasteiger partial charge in [-0.05, 0) is 43.7 Å². The third-order valence-electron chi connectivity index (χ3n) is 3.56. The van der Waals surface area contributed by atoms with Crippen molar-refractivity contribution in [3.05, 3.63) is 47.0 Å². The highest BCUT2D eigenvalue weighted by atomic mass is 35.5. The van der Waals surface area contributed by atoms with Gasteiger partial charge in [0.1, 0.15) is 5.82 Å². The van der Waals surface area contributed by atoms with Crippen LogP contribution in [-0.2, 0) is 6.54 Å². The van der Waals surface area contributed by atoms with E-state index in [0.717, 1.165) is 45.2 Å². The summed E-state index contributed by atoms with van der Waals surface area (Å²) in [6.07, 6.45) is 0. The predicted octanol–water partition coefficient (Wildman–Crippen LogP) is 4.27. The van der Waals surface area contributed by atoms with Crippen LogP contribution in [0.15, 0.2) is 36.4 Å². The number of hydrogen-bond acceptors (Lipinski definition) is 2. The molecule has 1 aromatic heterocycles. The van der Waals surface area contributed by atoms with Crippen LogP contribution in [0.2, 0.25) is 5.02 Å². The van der Waals surface area contributed by atoms with E-state index in [-0.39, 0.29) is 0 Å². The molecule has 0 aliphatic heterocycles. The highest BCUT2D eigenvalue weighted by Crippen LogP contribution is 2.32. The van der Waals surface area contributed by atoms with Gasteiger partial charge in [0.05, 0.1) is 11.0 Å². The Morgan fingerprint density at radius 1 is 1.25 bits per heavy atom. The molecule has 0 radical (unpaired) electrons. The SMILES string of the molecule is CCn1c(-c2c(C)cccc2N)nc2ccc(Cl)cc21. The summed E-state index contributed by atoms with van der Waals surface area (Å²) in [7, 11) is 0. The lowest BCUT2D eigenvalue weighted by atomic mass is 10.1. The average molecular weight is 286 g/mol. The fraction of sp³-hybridized carbons (Fsp3) is 0.188. The Hall–Kier alpha value is -2.00. The Balaban J connectivity index is 2.37. The largest absolute Gasteiger partial charge is 0.398 e. The van der Waals surface area contributed by atoms with E-state index in [1.165, 1.54) is 0 Å². The first-order valence-corrected chi connectivity index (χ1v) is 7.01. The monoisotopic (exact) mass is 285 g/mol. The van der Waals surface area contributed by atoms with Crippen LogP contribution in [0.5, 0.6) is 0 Å². The second-order valence-corrected chi connectivity index (χ2v) is 5.29. The molecule has 0 spiro atoms. The van der Waals surface area contributed by atoms with Crippen LogP contribution < -0.4 is 5.73 Å². The minimum atomic E-state index is 0.719. The summed E-state index contributed by atoms with van der Waals surface area (Å²) in [6.45, 7) is 4.97. The molecule has 0 unspecified atom stereocenters. The number of nitrogens with two attached hydrogens (primary N) is 1. The molecule has 2 N–H and O–H groups in total. The quantitative estimate of drug-likeness (QED) is 0.715. The molecule has 0 bridgehead atoms. The molecule has 3 nitrogen and oxygen atoms in total. The van der Waals surface area contributed by atoms with Crippen molar-refractivity contribution in [2.45, 2.75) is 20.4 Å². The lowest BCUT2D eigenvalue weighted by Gasteiger charge is -2.11. The van der Waals surface area contributed by atoms with Crippen molar-refractivity contribution in [1.29, 1.82) is 0 Å². The molecule has 0 saturated heterocycles. The Morgan fingerprint density at radius 3 is 2.75 bits per heavy atom. The Morgan fingerprint density at radius 2 is 2.05 bits per heavy atom. The second-order valence-electron chi connectivity index (χ2n) is 4.85. The summed E-state index contributed by atoms with van der Waals surface area (Å²) in [5.74, 6) is 0.903. The molecule has 0 amide bonds. The molecule has 4 heteroatoms. The zero-order chi connectivity index (χ0) is 14.3. The second kappa shape index (κ2) is 4.84. The summed E-state index contributed by atoms with van der Waals surface area (Å²) in [5.41, 5.74) is 11.0. The number of benzene rings is 2. The molecule has 3 rings (SSSR count). The van der Waals surface area contributed by atoms with Gasteiger partial charge in [0.25, 0.3) is 0 Å². The van der Waals surface area contributed by atoms with Crippen LogP contribution in [-0.4, -0.2) is 9.55 Å². The van der Waals surface area contributed by atoms with Crippen LogP contribution in [0, 0.1) is 6.92 Å². The van der Waals surface area contributed by atoms with Crippen LogP contribution in [0.25, 0.3) is 22.4 Å². The summed E-state index contributed by atoms with van der Waals surface area (Å²) >= 11 is 6.10. The molecule has 0 aliphatic rings. The molecule has 3 aromatic rings. The van der Waals surface area contributed by atoms with Gasteiger partial charge >= 0.3 is 0 Å². The normalized spacial score (nSPS) is 11.2. The first-order valence-electron chi connectivity index (χ1n) is 6.63. The van der Waals surface area contributed by atoms with E-state index < -0.39 is 0 Å². The van der Waals surface area contributed by atoms with E-state index in [9.17, 15) is 0 Å². The van der Waals surface area contributed by atoms with E-state index in [0.29, 0.717) is 0 Å². The summed E-state index contributed by atoms with van der Waals surface area (Å²) in [6, 6.07) is 11.7. The van der Waals surface area contributed by atoms with Gasteiger partial charge in [-0.25, -0.2) is 4.98 Å². The highest BCUT2D eigenvalue weighted by molar-refractivity contribution is 6.31. The number of halogens is 1. The van der Waals surface area contributed by atoms with Gasteiger partial charge in [0.15, 0.2) is 0 Å². The van der Waals surface area contributed by atoms with Crippen LogP contribution in [0.4, 0.5) is 5.69 Å². The van der Waals surface area contributed by atoms with Crippen molar-refractivity contribution in [2.75, 3.05) is 5.73 Å². The standard InChI is InChI=1S/C16H16ClN3/c1-3-20-14-9-11(17)7-8-13(14)19-16(20)15-10(2)5-4-6-12(15)18/h4-9H,3,18H2,1-2H3. The molecule has 0 fully saturated rings. The number of hydrogen-bond donors (Lipinski definition) is 1. The Kier molecular flexibility index (Phi) is 3.14. The molecule has 102 valence electrons. The van der Waals surface area contributed by atoms with Crippen LogP contribution >= 0.6 is 11.6 Å². The van der Waals surface area contributed by atoms with Gasteiger partial charge in [0.2, 0.25) is 0 Å². The number of anilines is 1. The lowest BCUT2D eigenvalue weighted by Crippen LogP contribution is -2.01. The summed E-state index contributed by atoms with van der Waals surface area (Å²) in [4.78, 5) is 4.74. The summed E-state index contributed by atoms with van der Waals surface area (Å²) in [5, 5.41) is 0.719. The maximum absolute atomic E-state index is 6.15. The fourth-order valence-electron chi connectivity index (χ4n) is 2.60. The topological polar surface area (TPSA) is 43.8 Å². The Labute approximate surface area is 123 Å². The van der Waals surface area contributed by atoms with Crippen LogP contribution in [0.3, 0.4) is 0 Å². The van der Waals surface area contributed by atoms with Crippen molar-refractivity contribution in [1.82, 2.24) is 9.55 Å². The summed E-state index contributed by atoms with van der Waals surface area (Å²) < 4.78 is 2.15. The molecular weight excluding hydrogens is 270 g/mol. The number of fused-ring (bicyclic) bond motifs is 1. The van der Waals surface area contributed by atoms with Gasteiger partial charge in [0, 0.05) is 22.8 Å². The minimum absolute atomic E-state index is 0.719. The van der Waals surface area contributed by atoms with E-state index in [4.69, 9.17) is 22.3 Å². The number of imidazole rings is 1. The van der Waals surface area contributed by atoms with Gasteiger partial charge in [-0.3, -0.25) is 0 Å².